The van der Waals surface area contributed by atoms with Crippen molar-refractivity contribution in [2.45, 2.75) is 31.6 Å². The fourth-order valence-electron chi connectivity index (χ4n) is 4.22. The van der Waals surface area contributed by atoms with Crippen LogP contribution in [0, 0.1) is 0 Å². The van der Waals surface area contributed by atoms with Crippen molar-refractivity contribution in [1.82, 2.24) is 4.31 Å². The van der Waals surface area contributed by atoms with E-state index in [1.54, 1.807) is 38.1 Å². The average molecular weight is 488 g/mol. The molecule has 2 aromatic rings. The lowest BCUT2D eigenvalue weighted by Crippen LogP contribution is -2.37. The summed E-state index contributed by atoms with van der Waals surface area (Å²) in [5.74, 6) is -0.346. The van der Waals surface area contributed by atoms with E-state index in [0.717, 1.165) is 5.56 Å². The van der Waals surface area contributed by atoms with Gasteiger partial charge in [-0.1, -0.05) is 13.8 Å². The van der Waals surface area contributed by atoms with Gasteiger partial charge in [-0.25, -0.2) is 13.2 Å². The van der Waals surface area contributed by atoms with E-state index in [2.05, 4.69) is 5.32 Å². The highest BCUT2D eigenvalue weighted by Crippen LogP contribution is 2.30. The van der Waals surface area contributed by atoms with Crippen LogP contribution in [-0.2, 0) is 26.0 Å². The molecule has 2 heterocycles. The van der Waals surface area contributed by atoms with Crippen LogP contribution in [0.25, 0.3) is 0 Å². The number of amides is 1. The molecule has 0 aliphatic carbocycles. The minimum Gasteiger partial charge on any atom is -0.423 e. The standard InChI is InChI=1S/C24H29N3O6S/c1-3-27(4-2)34(30,31)19-7-9-22(26-11-13-32-14-12-26)20(16-19)24(29)33-18-6-8-21-17(15-18)5-10-23(28)25-21/h6-9,15-16H,3-5,10-14H2,1-2H3,(H,25,28). The topological polar surface area (TPSA) is 105 Å². The largest absolute Gasteiger partial charge is 0.423 e. The molecule has 1 fully saturated rings. The van der Waals surface area contributed by atoms with Crippen LogP contribution in [0.3, 0.4) is 0 Å². The number of sulfonamides is 1. The summed E-state index contributed by atoms with van der Waals surface area (Å²) in [6.45, 7) is 6.41. The highest BCUT2D eigenvalue weighted by atomic mass is 32.2. The summed E-state index contributed by atoms with van der Waals surface area (Å²) in [6, 6.07) is 9.67. The Hall–Kier alpha value is -2.95. The minimum absolute atomic E-state index is 0.0429. The molecular weight excluding hydrogens is 458 g/mol. The Labute approximate surface area is 199 Å². The first-order chi connectivity index (χ1) is 16.3. The lowest BCUT2D eigenvalue weighted by Gasteiger charge is -2.30. The van der Waals surface area contributed by atoms with E-state index in [9.17, 15) is 18.0 Å². The van der Waals surface area contributed by atoms with Crippen molar-refractivity contribution in [1.29, 1.82) is 0 Å². The number of carbonyl (C=O) groups is 2. The van der Waals surface area contributed by atoms with Crippen LogP contribution in [0.2, 0.25) is 0 Å². The second-order valence-electron chi connectivity index (χ2n) is 8.12. The molecular formula is C24H29N3O6S. The highest BCUT2D eigenvalue weighted by Gasteiger charge is 2.27. The van der Waals surface area contributed by atoms with Gasteiger partial charge in [0.1, 0.15) is 5.75 Å². The van der Waals surface area contributed by atoms with Gasteiger partial charge >= 0.3 is 5.97 Å². The lowest BCUT2D eigenvalue weighted by atomic mass is 10.0. The molecule has 0 atom stereocenters. The molecule has 0 saturated carbocycles. The van der Waals surface area contributed by atoms with Gasteiger partial charge in [-0.05, 0) is 48.4 Å². The maximum absolute atomic E-state index is 13.3. The van der Waals surface area contributed by atoms with Gasteiger partial charge in [0, 0.05) is 38.3 Å². The Balaban J connectivity index is 1.69. The van der Waals surface area contributed by atoms with Gasteiger partial charge in [0.2, 0.25) is 15.9 Å². The van der Waals surface area contributed by atoms with Crippen molar-refractivity contribution in [3.63, 3.8) is 0 Å². The molecule has 1 saturated heterocycles. The van der Waals surface area contributed by atoms with Crippen molar-refractivity contribution in [2.75, 3.05) is 49.6 Å². The number of esters is 1. The normalized spacial score (nSPS) is 16.2. The first kappa shape index (κ1) is 24.2. The van der Waals surface area contributed by atoms with E-state index >= 15 is 0 Å². The summed E-state index contributed by atoms with van der Waals surface area (Å²) in [6.07, 6.45) is 0.931. The Morgan fingerprint density at radius 2 is 1.82 bits per heavy atom. The van der Waals surface area contributed by atoms with Crippen LogP contribution in [0.1, 0.15) is 36.2 Å². The molecule has 0 unspecified atom stereocenters. The van der Waals surface area contributed by atoms with Crippen molar-refractivity contribution in [3.05, 3.63) is 47.5 Å². The molecule has 182 valence electrons. The van der Waals surface area contributed by atoms with Crippen LogP contribution in [0.15, 0.2) is 41.3 Å². The molecule has 0 aromatic heterocycles. The summed E-state index contributed by atoms with van der Waals surface area (Å²) in [5, 5.41) is 2.80. The predicted octanol–water partition coefficient (Wildman–Crippen LogP) is 2.66. The zero-order valence-electron chi connectivity index (χ0n) is 19.4. The molecule has 0 spiro atoms. The molecule has 10 heteroatoms. The molecule has 1 N–H and O–H groups in total. The SMILES string of the molecule is CCN(CC)S(=O)(=O)c1ccc(N2CCOCC2)c(C(=O)Oc2ccc3c(c2)CCC(=O)N3)c1. The van der Waals surface area contributed by atoms with Gasteiger partial charge in [-0.15, -0.1) is 0 Å². The summed E-state index contributed by atoms with van der Waals surface area (Å²) >= 11 is 0. The quantitative estimate of drug-likeness (QED) is 0.473. The number of fused-ring (bicyclic) bond motifs is 1. The van der Waals surface area contributed by atoms with Crippen molar-refractivity contribution in [3.8, 4) is 5.75 Å². The maximum Gasteiger partial charge on any atom is 0.345 e. The number of carbonyl (C=O) groups excluding carboxylic acids is 2. The summed E-state index contributed by atoms with van der Waals surface area (Å²) < 4.78 is 38.7. The number of nitrogens with one attached hydrogen (secondary N) is 1. The van der Waals surface area contributed by atoms with Crippen molar-refractivity contribution < 1.29 is 27.5 Å². The maximum atomic E-state index is 13.3. The average Bonchev–Trinajstić information content (AvgIpc) is 2.85. The number of hydrogen-bond acceptors (Lipinski definition) is 7. The third-order valence-electron chi connectivity index (χ3n) is 6.07. The molecule has 2 aromatic carbocycles. The van der Waals surface area contributed by atoms with Gasteiger partial charge in [-0.2, -0.15) is 4.31 Å². The summed E-state index contributed by atoms with van der Waals surface area (Å²) in [5.41, 5.74) is 2.38. The number of nitrogens with zero attached hydrogens (tertiary/aromatic N) is 2. The van der Waals surface area contributed by atoms with Crippen molar-refractivity contribution >= 4 is 33.3 Å². The van der Waals surface area contributed by atoms with E-state index < -0.39 is 16.0 Å². The summed E-state index contributed by atoms with van der Waals surface area (Å²) in [7, 11) is -3.75. The molecule has 2 aliphatic heterocycles. The summed E-state index contributed by atoms with van der Waals surface area (Å²) in [4.78, 5) is 27.0. The zero-order chi connectivity index (χ0) is 24.3. The first-order valence-corrected chi connectivity index (χ1v) is 12.9. The molecule has 34 heavy (non-hydrogen) atoms. The smallest absolute Gasteiger partial charge is 0.345 e. The molecule has 2 aliphatic rings. The van der Waals surface area contributed by atoms with Crippen LogP contribution < -0.4 is 15.0 Å². The second kappa shape index (κ2) is 10.1. The Morgan fingerprint density at radius 3 is 2.53 bits per heavy atom. The third-order valence-corrected chi connectivity index (χ3v) is 8.11. The highest BCUT2D eigenvalue weighted by molar-refractivity contribution is 7.89. The van der Waals surface area contributed by atoms with Gasteiger partial charge in [0.05, 0.1) is 29.4 Å². The fourth-order valence-corrected chi connectivity index (χ4v) is 5.70. The van der Waals surface area contributed by atoms with E-state index in [-0.39, 0.29) is 16.4 Å². The van der Waals surface area contributed by atoms with Gasteiger partial charge in [0.25, 0.3) is 0 Å². The monoisotopic (exact) mass is 487 g/mol. The molecule has 9 nitrogen and oxygen atoms in total. The number of rotatable bonds is 7. The number of morpholine rings is 1. The molecule has 1 amide bonds. The predicted molar refractivity (Wildman–Crippen MR) is 128 cm³/mol. The van der Waals surface area contributed by atoms with Crippen LogP contribution in [-0.4, -0.2) is 64.0 Å². The Morgan fingerprint density at radius 1 is 1.09 bits per heavy atom. The molecule has 0 bridgehead atoms. The Kier molecular flexibility index (Phi) is 7.20. The van der Waals surface area contributed by atoms with Crippen molar-refractivity contribution in [2.24, 2.45) is 0 Å². The number of anilines is 2. The van der Waals surface area contributed by atoms with Crippen LogP contribution in [0.5, 0.6) is 5.75 Å². The van der Waals surface area contributed by atoms with E-state index in [1.807, 2.05) is 4.90 Å². The number of ether oxygens (including phenoxy) is 2. The molecule has 4 rings (SSSR count). The minimum atomic E-state index is -3.75. The fraction of sp³-hybridized carbons (Fsp3) is 0.417. The number of benzene rings is 2. The number of aryl methyl sites for hydroxylation is 1. The van der Waals surface area contributed by atoms with E-state index in [4.69, 9.17) is 9.47 Å². The van der Waals surface area contributed by atoms with Crippen LogP contribution in [0.4, 0.5) is 11.4 Å². The number of hydrogen-bond donors (Lipinski definition) is 1. The van der Waals surface area contributed by atoms with E-state index in [0.29, 0.717) is 69.4 Å². The van der Waals surface area contributed by atoms with Gasteiger partial charge in [-0.3, -0.25) is 4.79 Å². The third kappa shape index (κ3) is 4.94. The first-order valence-electron chi connectivity index (χ1n) is 11.4. The lowest BCUT2D eigenvalue weighted by molar-refractivity contribution is -0.116. The van der Waals surface area contributed by atoms with Crippen LogP contribution >= 0.6 is 0 Å². The van der Waals surface area contributed by atoms with E-state index in [1.165, 1.54) is 16.4 Å². The van der Waals surface area contributed by atoms with Gasteiger partial charge < -0.3 is 19.7 Å². The van der Waals surface area contributed by atoms with Gasteiger partial charge in [0.15, 0.2) is 0 Å². The Bertz CT molecular complexity index is 1190. The zero-order valence-corrected chi connectivity index (χ0v) is 20.2. The second-order valence-corrected chi connectivity index (χ2v) is 10.1. The molecule has 0 radical (unpaired) electrons.